The quantitative estimate of drug-likeness (QED) is 0.661. The molecule has 0 aliphatic carbocycles. The fourth-order valence-electron chi connectivity index (χ4n) is 1.22. The second-order valence-electron chi connectivity index (χ2n) is 2.76. The van der Waals surface area contributed by atoms with E-state index in [1.807, 2.05) is 29.6 Å². The molecule has 0 saturated carbocycles. The largest absolute Gasteiger partial charge is 0.298 e. The minimum Gasteiger partial charge on any atom is -0.298 e. The summed E-state index contributed by atoms with van der Waals surface area (Å²) >= 11 is 1.66. The summed E-state index contributed by atoms with van der Waals surface area (Å²) in [5.74, 6) is 0. The van der Waals surface area contributed by atoms with Gasteiger partial charge < -0.3 is 0 Å². The molecule has 64 valence electrons. The molecule has 0 N–H and O–H groups in total. The van der Waals surface area contributed by atoms with E-state index in [9.17, 15) is 4.79 Å². The van der Waals surface area contributed by atoms with E-state index in [0.717, 1.165) is 17.4 Å². The van der Waals surface area contributed by atoms with Crippen LogP contribution in [0.4, 0.5) is 0 Å². The second-order valence-corrected chi connectivity index (χ2v) is 3.54. The number of benzene rings is 1. The molecule has 0 fully saturated rings. The van der Waals surface area contributed by atoms with Crippen LogP contribution in [0.3, 0.4) is 0 Å². The van der Waals surface area contributed by atoms with Gasteiger partial charge in [-0.15, -0.1) is 0 Å². The summed E-state index contributed by atoms with van der Waals surface area (Å²) in [7, 11) is 0. The number of hydrogen-bond donors (Lipinski definition) is 0. The Kier molecular flexibility index (Phi) is 2.23. The molecule has 2 rings (SSSR count). The summed E-state index contributed by atoms with van der Waals surface area (Å²) in [5, 5.41) is 4.10. The van der Waals surface area contributed by atoms with Gasteiger partial charge in [-0.1, -0.05) is 18.2 Å². The van der Waals surface area contributed by atoms with Crippen LogP contribution < -0.4 is 0 Å². The zero-order chi connectivity index (χ0) is 9.10. The van der Waals surface area contributed by atoms with Crippen LogP contribution in [-0.2, 0) is 0 Å². The first-order valence-corrected chi connectivity index (χ1v) is 4.92. The molecule has 1 nitrogen and oxygen atoms in total. The van der Waals surface area contributed by atoms with E-state index in [-0.39, 0.29) is 0 Å². The molecule has 13 heavy (non-hydrogen) atoms. The van der Waals surface area contributed by atoms with Crippen LogP contribution >= 0.6 is 11.3 Å². The maximum absolute atomic E-state index is 10.5. The van der Waals surface area contributed by atoms with E-state index in [1.54, 1.807) is 11.3 Å². The topological polar surface area (TPSA) is 17.1 Å². The van der Waals surface area contributed by atoms with Gasteiger partial charge in [-0.3, -0.25) is 4.79 Å². The van der Waals surface area contributed by atoms with Gasteiger partial charge in [-0.25, -0.2) is 0 Å². The molecule has 2 aromatic rings. The SMILES string of the molecule is O=Cc1cccc(-c2ccsc2)c1. The van der Waals surface area contributed by atoms with Crippen LogP contribution in [-0.4, -0.2) is 6.29 Å². The first kappa shape index (κ1) is 8.20. The predicted octanol–water partition coefficient (Wildman–Crippen LogP) is 3.23. The lowest BCUT2D eigenvalue weighted by atomic mass is 10.1. The van der Waals surface area contributed by atoms with Crippen molar-refractivity contribution in [3.05, 3.63) is 46.7 Å². The van der Waals surface area contributed by atoms with E-state index in [0.29, 0.717) is 0 Å². The summed E-state index contributed by atoms with van der Waals surface area (Å²) < 4.78 is 0. The molecule has 0 aliphatic rings. The Balaban J connectivity index is 2.47. The third-order valence-corrected chi connectivity index (χ3v) is 2.56. The molecule has 0 bridgehead atoms. The first-order chi connectivity index (χ1) is 6.40. The highest BCUT2D eigenvalue weighted by atomic mass is 32.1. The number of hydrogen-bond acceptors (Lipinski definition) is 2. The minimum absolute atomic E-state index is 0.726. The molecule has 0 radical (unpaired) electrons. The summed E-state index contributed by atoms with van der Waals surface area (Å²) in [5.41, 5.74) is 3.00. The molecule has 0 atom stereocenters. The zero-order valence-electron chi connectivity index (χ0n) is 6.94. The number of carbonyl (C=O) groups excluding carboxylic acids is 1. The molecule has 1 aromatic heterocycles. The maximum Gasteiger partial charge on any atom is 0.150 e. The molecular weight excluding hydrogens is 180 g/mol. The van der Waals surface area contributed by atoms with Gasteiger partial charge in [-0.2, -0.15) is 11.3 Å². The van der Waals surface area contributed by atoms with E-state index in [4.69, 9.17) is 0 Å². The fourth-order valence-corrected chi connectivity index (χ4v) is 1.89. The Morgan fingerprint density at radius 2 is 2.08 bits per heavy atom. The van der Waals surface area contributed by atoms with Crippen molar-refractivity contribution in [2.24, 2.45) is 0 Å². The third kappa shape index (κ3) is 1.68. The van der Waals surface area contributed by atoms with Crippen molar-refractivity contribution >= 4 is 17.6 Å². The number of aldehydes is 1. The summed E-state index contributed by atoms with van der Waals surface area (Å²) in [6.45, 7) is 0. The van der Waals surface area contributed by atoms with Crippen molar-refractivity contribution in [3.8, 4) is 11.1 Å². The van der Waals surface area contributed by atoms with Crippen molar-refractivity contribution in [1.82, 2.24) is 0 Å². The van der Waals surface area contributed by atoms with Crippen LogP contribution in [0.25, 0.3) is 11.1 Å². The maximum atomic E-state index is 10.5. The summed E-state index contributed by atoms with van der Waals surface area (Å²) in [6, 6.07) is 9.66. The zero-order valence-corrected chi connectivity index (χ0v) is 7.75. The second kappa shape index (κ2) is 3.54. The van der Waals surface area contributed by atoms with Gasteiger partial charge in [0.1, 0.15) is 6.29 Å². The van der Waals surface area contributed by atoms with Gasteiger partial charge in [0.2, 0.25) is 0 Å². The van der Waals surface area contributed by atoms with Crippen LogP contribution in [0.5, 0.6) is 0 Å². The molecule has 0 saturated heterocycles. The number of rotatable bonds is 2. The van der Waals surface area contributed by atoms with E-state index in [2.05, 4.69) is 11.4 Å². The van der Waals surface area contributed by atoms with Crippen LogP contribution in [0.15, 0.2) is 41.1 Å². The summed E-state index contributed by atoms with van der Waals surface area (Å²) in [6.07, 6.45) is 0.871. The minimum atomic E-state index is 0.726. The highest BCUT2D eigenvalue weighted by Crippen LogP contribution is 2.22. The molecule has 0 amide bonds. The highest BCUT2D eigenvalue weighted by Gasteiger charge is 1.97. The van der Waals surface area contributed by atoms with Gasteiger partial charge in [0.25, 0.3) is 0 Å². The van der Waals surface area contributed by atoms with E-state index in [1.165, 1.54) is 5.56 Å². The smallest absolute Gasteiger partial charge is 0.150 e. The molecule has 0 spiro atoms. The fraction of sp³-hybridized carbons (Fsp3) is 0. The van der Waals surface area contributed by atoms with Gasteiger partial charge in [0, 0.05) is 5.56 Å². The van der Waals surface area contributed by atoms with Crippen molar-refractivity contribution < 1.29 is 4.79 Å². The lowest BCUT2D eigenvalue weighted by Crippen LogP contribution is -1.79. The van der Waals surface area contributed by atoms with Crippen molar-refractivity contribution in [2.75, 3.05) is 0 Å². The number of thiophene rings is 1. The average molecular weight is 188 g/mol. The van der Waals surface area contributed by atoms with Gasteiger partial charge in [-0.05, 0) is 34.0 Å². The van der Waals surface area contributed by atoms with Crippen molar-refractivity contribution in [3.63, 3.8) is 0 Å². The summed E-state index contributed by atoms with van der Waals surface area (Å²) in [4.78, 5) is 10.5. The Bertz CT molecular complexity index is 404. The van der Waals surface area contributed by atoms with Gasteiger partial charge >= 0.3 is 0 Å². The Morgan fingerprint density at radius 1 is 1.15 bits per heavy atom. The normalized spacial score (nSPS) is 9.85. The lowest BCUT2D eigenvalue weighted by Gasteiger charge is -1.97. The highest BCUT2D eigenvalue weighted by molar-refractivity contribution is 7.08. The third-order valence-electron chi connectivity index (χ3n) is 1.88. The Hall–Kier alpha value is -1.41. The standard InChI is InChI=1S/C11H8OS/c12-7-9-2-1-3-10(6-9)11-4-5-13-8-11/h1-8H. The Morgan fingerprint density at radius 3 is 2.77 bits per heavy atom. The molecule has 1 heterocycles. The molecular formula is C11H8OS. The van der Waals surface area contributed by atoms with E-state index < -0.39 is 0 Å². The van der Waals surface area contributed by atoms with Gasteiger partial charge in [0.15, 0.2) is 0 Å². The number of carbonyl (C=O) groups is 1. The molecule has 1 aromatic carbocycles. The lowest BCUT2D eigenvalue weighted by molar-refractivity contribution is 0.112. The van der Waals surface area contributed by atoms with Crippen molar-refractivity contribution in [1.29, 1.82) is 0 Å². The average Bonchev–Trinajstić information content (AvgIpc) is 2.71. The predicted molar refractivity (Wildman–Crippen MR) is 55.1 cm³/mol. The monoisotopic (exact) mass is 188 g/mol. The molecule has 0 unspecified atom stereocenters. The van der Waals surface area contributed by atoms with Crippen LogP contribution in [0.2, 0.25) is 0 Å². The Labute approximate surface area is 80.7 Å². The molecule has 0 aliphatic heterocycles. The van der Waals surface area contributed by atoms with Gasteiger partial charge in [0.05, 0.1) is 0 Å². The first-order valence-electron chi connectivity index (χ1n) is 3.98. The molecule has 2 heteroatoms. The van der Waals surface area contributed by atoms with Crippen LogP contribution in [0.1, 0.15) is 10.4 Å². The van der Waals surface area contributed by atoms with Crippen molar-refractivity contribution in [2.45, 2.75) is 0 Å². The van der Waals surface area contributed by atoms with E-state index >= 15 is 0 Å². The van der Waals surface area contributed by atoms with Crippen LogP contribution in [0, 0.1) is 0 Å².